The molecule has 134 valence electrons. The summed E-state index contributed by atoms with van der Waals surface area (Å²) < 4.78 is 41.2. The molecule has 0 aliphatic heterocycles. The fraction of sp³-hybridized carbons (Fsp3) is 0.333. The van der Waals surface area contributed by atoms with Crippen LogP contribution in [0.1, 0.15) is 35.7 Å². The molecule has 1 amide bonds. The molecule has 0 spiro atoms. The Hall–Kier alpha value is -2.02. The Morgan fingerprint density at radius 2 is 1.96 bits per heavy atom. The molecule has 0 bridgehead atoms. The SMILES string of the molecule is CCCNC(=O)c1cccnc1SCCC(F)(F)c1ccc(F)cc1. The van der Waals surface area contributed by atoms with Crippen molar-refractivity contribution in [3.8, 4) is 0 Å². The minimum Gasteiger partial charge on any atom is -0.352 e. The molecule has 0 aliphatic rings. The topological polar surface area (TPSA) is 42.0 Å². The van der Waals surface area contributed by atoms with Gasteiger partial charge in [-0.25, -0.2) is 18.2 Å². The number of halogens is 3. The first-order valence-corrected chi connectivity index (χ1v) is 8.92. The Labute approximate surface area is 149 Å². The first-order valence-electron chi connectivity index (χ1n) is 7.94. The Balaban J connectivity index is 1.99. The third-order valence-corrected chi connectivity index (χ3v) is 4.48. The molecule has 1 aromatic carbocycles. The Morgan fingerprint density at radius 3 is 2.64 bits per heavy atom. The highest BCUT2D eigenvalue weighted by atomic mass is 32.2. The smallest absolute Gasteiger partial charge is 0.274 e. The van der Waals surface area contributed by atoms with Crippen LogP contribution in [-0.4, -0.2) is 23.2 Å². The summed E-state index contributed by atoms with van der Waals surface area (Å²) in [5, 5.41) is 3.17. The van der Waals surface area contributed by atoms with Gasteiger partial charge in [0, 0.05) is 30.5 Å². The van der Waals surface area contributed by atoms with Crippen molar-refractivity contribution in [1.29, 1.82) is 0 Å². The summed E-state index contributed by atoms with van der Waals surface area (Å²) in [6.07, 6.45) is 1.89. The lowest BCUT2D eigenvalue weighted by atomic mass is 10.1. The van der Waals surface area contributed by atoms with Crippen LogP contribution in [0.3, 0.4) is 0 Å². The number of hydrogen-bond donors (Lipinski definition) is 1. The number of thioether (sulfide) groups is 1. The van der Waals surface area contributed by atoms with Crippen molar-refractivity contribution >= 4 is 17.7 Å². The molecule has 0 saturated heterocycles. The monoisotopic (exact) mass is 368 g/mol. The van der Waals surface area contributed by atoms with Gasteiger partial charge < -0.3 is 5.32 Å². The number of hydrogen-bond acceptors (Lipinski definition) is 3. The van der Waals surface area contributed by atoms with Crippen molar-refractivity contribution in [1.82, 2.24) is 10.3 Å². The second kappa shape index (κ2) is 8.89. The highest BCUT2D eigenvalue weighted by molar-refractivity contribution is 7.99. The number of rotatable bonds is 8. The maximum absolute atomic E-state index is 14.2. The molecule has 0 fully saturated rings. The summed E-state index contributed by atoms with van der Waals surface area (Å²) in [6.45, 7) is 2.48. The summed E-state index contributed by atoms with van der Waals surface area (Å²) in [5.41, 5.74) is 0.155. The van der Waals surface area contributed by atoms with Crippen LogP contribution in [0.15, 0.2) is 47.6 Å². The zero-order valence-electron chi connectivity index (χ0n) is 13.8. The first-order chi connectivity index (χ1) is 11.9. The Kier molecular flexibility index (Phi) is 6.87. The van der Waals surface area contributed by atoms with E-state index < -0.39 is 18.2 Å². The lowest BCUT2D eigenvalue weighted by Crippen LogP contribution is -2.24. The minimum atomic E-state index is -3.07. The van der Waals surface area contributed by atoms with E-state index in [1.54, 1.807) is 12.1 Å². The highest BCUT2D eigenvalue weighted by Gasteiger charge is 2.31. The van der Waals surface area contributed by atoms with E-state index in [-0.39, 0.29) is 17.2 Å². The van der Waals surface area contributed by atoms with Gasteiger partial charge in [0.1, 0.15) is 10.8 Å². The fourth-order valence-corrected chi connectivity index (χ4v) is 3.13. The average molecular weight is 368 g/mol. The third-order valence-electron chi connectivity index (χ3n) is 3.47. The molecule has 1 aromatic heterocycles. The fourth-order valence-electron chi connectivity index (χ4n) is 2.13. The summed E-state index contributed by atoms with van der Waals surface area (Å²) in [4.78, 5) is 16.2. The van der Waals surface area contributed by atoms with Crippen molar-refractivity contribution in [3.63, 3.8) is 0 Å². The van der Waals surface area contributed by atoms with Gasteiger partial charge in [-0.2, -0.15) is 0 Å². The lowest BCUT2D eigenvalue weighted by molar-refractivity contribution is -0.00707. The molecule has 2 rings (SSSR count). The van der Waals surface area contributed by atoms with Gasteiger partial charge in [-0.3, -0.25) is 4.79 Å². The van der Waals surface area contributed by atoms with Crippen LogP contribution in [0.5, 0.6) is 0 Å². The van der Waals surface area contributed by atoms with Gasteiger partial charge in [0.2, 0.25) is 0 Å². The molecule has 2 aromatic rings. The van der Waals surface area contributed by atoms with Crippen molar-refractivity contribution in [2.45, 2.75) is 30.7 Å². The van der Waals surface area contributed by atoms with E-state index in [0.717, 1.165) is 42.4 Å². The van der Waals surface area contributed by atoms with E-state index in [2.05, 4.69) is 10.3 Å². The van der Waals surface area contributed by atoms with Crippen LogP contribution >= 0.6 is 11.8 Å². The van der Waals surface area contributed by atoms with Gasteiger partial charge in [0.25, 0.3) is 11.8 Å². The second-order valence-corrected chi connectivity index (χ2v) is 6.51. The summed E-state index contributed by atoms with van der Waals surface area (Å²) in [6, 6.07) is 7.47. The van der Waals surface area contributed by atoms with Gasteiger partial charge >= 0.3 is 0 Å². The van der Waals surface area contributed by atoms with Crippen molar-refractivity contribution < 1.29 is 18.0 Å². The number of nitrogens with zero attached hydrogens (tertiary/aromatic N) is 1. The van der Waals surface area contributed by atoms with E-state index in [1.165, 1.54) is 6.20 Å². The number of nitrogens with one attached hydrogen (secondary N) is 1. The molecule has 7 heteroatoms. The molecule has 25 heavy (non-hydrogen) atoms. The van der Waals surface area contributed by atoms with Crippen molar-refractivity contribution in [2.75, 3.05) is 12.3 Å². The third kappa shape index (κ3) is 5.49. The molecule has 0 radical (unpaired) electrons. The first kappa shape index (κ1) is 19.3. The number of carbonyl (C=O) groups is 1. The zero-order valence-corrected chi connectivity index (χ0v) is 14.6. The summed E-state index contributed by atoms with van der Waals surface area (Å²) in [7, 11) is 0. The molecule has 0 saturated carbocycles. The normalized spacial score (nSPS) is 11.4. The number of amides is 1. The number of carbonyl (C=O) groups excluding carboxylic acids is 1. The average Bonchev–Trinajstić information content (AvgIpc) is 2.60. The van der Waals surface area contributed by atoms with E-state index in [9.17, 15) is 18.0 Å². The van der Waals surface area contributed by atoms with E-state index >= 15 is 0 Å². The molecular weight excluding hydrogens is 349 g/mol. The summed E-state index contributed by atoms with van der Waals surface area (Å²) >= 11 is 1.11. The number of pyridine rings is 1. The molecule has 0 aliphatic carbocycles. The lowest BCUT2D eigenvalue weighted by Gasteiger charge is -2.16. The Bertz CT molecular complexity index is 708. The van der Waals surface area contributed by atoms with Crippen molar-refractivity contribution in [2.24, 2.45) is 0 Å². The van der Waals surface area contributed by atoms with E-state index in [0.29, 0.717) is 17.1 Å². The number of benzene rings is 1. The predicted molar refractivity (Wildman–Crippen MR) is 92.5 cm³/mol. The summed E-state index contributed by atoms with van der Waals surface area (Å²) in [5.74, 6) is -3.80. The maximum Gasteiger partial charge on any atom is 0.274 e. The molecular formula is C18H19F3N2OS. The molecule has 1 heterocycles. The maximum atomic E-state index is 14.2. The predicted octanol–water partition coefficient (Wildman–Crippen LogP) is 4.63. The van der Waals surface area contributed by atoms with Crippen LogP contribution in [0.25, 0.3) is 0 Å². The van der Waals surface area contributed by atoms with Crippen LogP contribution < -0.4 is 5.32 Å². The molecule has 0 unspecified atom stereocenters. The van der Waals surface area contributed by atoms with Gasteiger partial charge in [0.15, 0.2) is 0 Å². The van der Waals surface area contributed by atoms with Gasteiger partial charge in [-0.1, -0.05) is 19.1 Å². The second-order valence-electron chi connectivity index (χ2n) is 5.42. The molecule has 0 atom stereocenters. The standard InChI is InChI=1S/C18H19F3N2OS/c1-2-10-22-16(24)15-4-3-11-23-17(15)25-12-9-18(20,21)13-5-7-14(19)8-6-13/h3-8,11H,2,9-10,12H2,1H3,(H,22,24). The highest BCUT2D eigenvalue weighted by Crippen LogP contribution is 2.34. The van der Waals surface area contributed by atoms with Crippen LogP contribution in [-0.2, 0) is 5.92 Å². The van der Waals surface area contributed by atoms with Gasteiger partial charge in [-0.15, -0.1) is 11.8 Å². The minimum absolute atomic E-state index is 0.0788. The Morgan fingerprint density at radius 1 is 1.24 bits per heavy atom. The zero-order chi connectivity index (χ0) is 18.3. The van der Waals surface area contributed by atoms with Gasteiger partial charge in [-0.05, 0) is 30.7 Å². The van der Waals surface area contributed by atoms with Crippen LogP contribution in [0.4, 0.5) is 13.2 Å². The van der Waals surface area contributed by atoms with Crippen LogP contribution in [0, 0.1) is 5.82 Å². The quantitative estimate of drug-likeness (QED) is 0.691. The molecule has 3 nitrogen and oxygen atoms in total. The van der Waals surface area contributed by atoms with E-state index in [4.69, 9.17) is 0 Å². The molecule has 1 N–H and O–H groups in total. The number of aromatic nitrogens is 1. The van der Waals surface area contributed by atoms with Gasteiger partial charge in [0.05, 0.1) is 5.56 Å². The van der Waals surface area contributed by atoms with Crippen LogP contribution in [0.2, 0.25) is 0 Å². The largest absolute Gasteiger partial charge is 0.352 e. The van der Waals surface area contributed by atoms with Crippen molar-refractivity contribution in [3.05, 3.63) is 59.5 Å². The van der Waals surface area contributed by atoms with E-state index in [1.807, 2.05) is 6.92 Å². The number of alkyl halides is 2.